The molecule has 0 amide bonds. The lowest BCUT2D eigenvalue weighted by Gasteiger charge is -2.44. The number of piperazine rings is 1. The van der Waals surface area contributed by atoms with E-state index in [1.54, 1.807) is 18.2 Å². The van der Waals surface area contributed by atoms with Gasteiger partial charge in [0.25, 0.3) is 0 Å². The highest BCUT2D eigenvalue weighted by Gasteiger charge is 2.35. The fourth-order valence-electron chi connectivity index (χ4n) is 2.51. The molecule has 0 aromatic heterocycles. The maximum absolute atomic E-state index is 11.3. The number of methoxy groups -OCH3 is 1. The van der Waals surface area contributed by atoms with Crippen LogP contribution < -0.4 is 15.0 Å². The van der Waals surface area contributed by atoms with E-state index in [-0.39, 0.29) is 16.1 Å². The average Bonchev–Trinajstić information content (AvgIpc) is 2.37. The number of nitro benzene ring substituents is 1. The van der Waals surface area contributed by atoms with Crippen molar-refractivity contribution in [2.45, 2.75) is 19.4 Å². The summed E-state index contributed by atoms with van der Waals surface area (Å²) in [5.41, 5.74) is 0.492. The number of nitrogens with zero attached hydrogens (tertiary/aromatic N) is 2. The van der Waals surface area contributed by atoms with Gasteiger partial charge in [-0.1, -0.05) is 6.07 Å². The van der Waals surface area contributed by atoms with E-state index in [1.165, 1.54) is 7.11 Å². The second-order valence-corrected chi connectivity index (χ2v) is 5.23. The first-order valence-corrected chi connectivity index (χ1v) is 6.27. The van der Waals surface area contributed by atoms with Crippen molar-refractivity contribution in [3.05, 3.63) is 28.3 Å². The van der Waals surface area contributed by atoms with Crippen molar-refractivity contribution in [2.24, 2.45) is 0 Å². The minimum atomic E-state index is -0.369. The van der Waals surface area contributed by atoms with Crippen molar-refractivity contribution in [2.75, 3.05) is 31.6 Å². The molecule has 1 aliphatic heterocycles. The number of ether oxygens (including phenoxy) is 1. The standard InChI is InChI=1S/C13H19N3O3/c1-13(2)9-14-7-8-15(13)10-5-4-6-11(19-3)12(10)16(17)18/h4-6,14H,7-9H2,1-3H3. The molecule has 1 aromatic carbocycles. The SMILES string of the molecule is COc1cccc(N2CCNCC2(C)C)c1[N+](=O)[O-]. The molecule has 1 aromatic rings. The number of hydrogen-bond donors (Lipinski definition) is 1. The number of nitrogens with one attached hydrogen (secondary N) is 1. The second kappa shape index (κ2) is 5.05. The predicted octanol–water partition coefficient (Wildman–Crippen LogP) is 1.79. The Morgan fingerprint density at radius 1 is 1.47 bits per heavy atom. The van der Waals surface area contributed by atoms with Gasteiger partial charge in [-0.25, -0.2) is 0 Å². The van der Waals surface area contributed by atoms with Crippen LogP contribution >= 0.6 is 0 Å². The number of nitro groups is 1. The molecule has 19 heavy (non-hydrogen) atoms. The van der Waals surface area contributed by atoms with Gasteiger partial charge in [0, 0.05) is 25.2 Å². The van der Waals surface area contributed by atoms with Crippen molar-refractivity contribution in [1.82, 2.24) is 5.32 Å². The third kappa shape index (κ3) is 2.49. The Hall–Kier alpha value is -1.82. The van der Waals surface area contributed by atoms with Crippen LogP contribution in [0.4, 0.5) is 11.4 Å². The number of hydrogen-bond acceptors (Lipinski definition) is 5. The van der Waals surface area contributed by atoms with Crippen LogP contribution in [-0.4, -0.2) is 37.2 Å². The van der Waals surface area contributed by atoms with Crippen molar-refractivity contribution in [1.29, 1.82) is 0 Å². The van der Waals surface area contributed by atoms with Gasteiger partial charge in [-0.05, 0) is 26.0 Å². The molecule has 1 fully saturated rings. The van der Waals surface area contributed by atoms with Gasteiger partial charge >= 0.3 is 5.69 Å². The Labute approximate surface area is 112 Å². The third-order valence-corrected chi connectivity index (χ3v) is 3.47. The number of para-hydroxylation sites is 1. The molecule has 0 atom stereocenters. The molecule has 0 aliphatic carbocycles. The van der Waals surface area contributed by atoms with Crippen molar-refractivity contribution >= 4 is 11.4 Å². The first-order valence-electron chi connectivity index (χ1n) is 6.27. The molecule has 0 saturated carbocycles. The van der Waals surface area contributed by atoms with Gasteiger partial charge in [-0.3, -0.25) is 10.1 Å². The number of rotatable bonds is 3. The molecule has 1 N–H and O–H groups in total. The van der Waals surface area contributed by atoms with Gasteiger partial charge in [0.1, 0.15) is 5.69 Å². The normalized spacial score (nSPS) is 18.2. The summed E-state index contributed by atoms with van der Waals surface area (Å²) in [7, 11) is 1.45. The quantitative estimate of drug-likeness (QED) is 0.666. The summed E-state index contributed by atoms with van der Waals surface area (Å²) in [6, 6.07) is 5.20. The van der Waals surface area contributed by atoms with E-state index in [0.29, 0.717) is 11.4 Å². The predicted molar refractivity (Wildman–Crippen MR) is 73.9 cm³/mol. The zero-order chi connectivity index (χ0) is 14.0. The molecule has 104 valence electrons. The summed E-state index contributed by atoms with van der Waals surface area (Å²) in [6.07, 6.45) is 0. The zero-order valence-electron chi connectivity index (χ0n) is 11.5. The lowest BCUT2D eigenvalue weighted by atomic mass is 9.98. The summed E-state index contributed by atoms with van der Waals surface area (Å²) in [6.45, 7) is 6.49. The largest absolute Gasteiger partial charge is 0.490 e. The Balaban J connectivity index is 2.52. The summed E-state index contributed by atoms with van der Waals surface area (Å²) in [4.78, 5) is 13.0. The zero-order valence-corrected chi connectivity index (χ0v) is 11.5. The van der Waals surface area contributed by atoms with Crippen LogP contribution in [0.1, 0.15) is 13.8 Å². The Morgan fingerprint density at radius 3 is 2.79 bits per heavy atom. The monoisotopic (exact) mass is 265 g/mol. The lowest BCUT2D eigenvalue weighted by molar-refractivity contribution is -0.385. The molecule has 1 saturated heterocycles. The van der Waals surface area contributed by atoms with Crippen LogP contribution in [0.5, 0.6) is 5.75 Å². The molecule has 0 bridgehead atoms. The molecule has 6 nitrogen and oxygen atoms in total. The highest BCUT2D eigenvalue weighted by molar-refractivity contribution is 5.71. The van der Waals surface area contributed by atoms with Gasteiger partial charge in [-0.2, -0.15) is 0 Å². The Bertz CT molecular complexity index is 488. The molecule has 0 spiro atoms. The Kier molecular flexibility index (Phi) is 3.61. The van der Waals surface area contributed by atoms with E-state index in [4.69, 9.17) is 4.74 Å². The van der Waals surface area contributed by atoms with E-state index < -0.39 is 0 Å². The first-order chi connectivity index (χ1) is 8.97. The summed E-state index contributed by atoms with van der Waals surface area (Å²) in [5, 5.41) is 14.6. The molecule has 0 unspecified atom stereocenters. The highest BCUT2D eigenvalue weighted by atomic mass is 16.6. The van der Waals surface area contributed by atoms with E-state index >= 15 is 0 Å². The fourth-order valence-corrected chi connectivity index (χ4v) is 2.51. The van der Waals surface area contributed by atoms with Gasteiger partial charge in [-0.15, -0.1) is 0 Å². The van der Waals surface area contributed by atoms with Gasteiger partial charge in [0.05, 0.1) is 12.0 Å². The second-order valence-electron chi connectivity index (χ2n) is 5.23. The van der Waals surface area contributed by atoms with Gasteiger partial charge in [0.2, 0.25) is 0 Å². The Morgan fingerprint density at radius 2 is 2.21 bits per heavy atom. The van der Waals surface area contributed by atoms with Crippen molar-refractivity contribution < 1.29 is 9.66 Å². The fraction of sp³-hybridized carbons (Fsp3) is 0.538. The molecular formula is C13H19N3O3. The van der Waals surface area contributed by atoms with Crippen LogP contribution in [0.25, 0.3) is 0 Å². The summed E-state index contributed by atoms with van der Waals surface area (Å²) < 4.78 is 5.12. The first kappa shape index (κ1) is 13.6. The number of benzene rings is 1. The molecule has 1 heterocycles. The maximum atomic E-state index is 11.3. The molecular weight excluding hydrogens is 246 g/mol. The van der Waals surface area contributed by atoms with Crippen LogP contribution in [0.2, 0.25) is 0 Å². The van der Waals surface area contributed by atoms with E-state index in [1.807, 2.05) is 0 Å². The minimum Gasteiger partial charge on any atom is -0.490 e. The van der Waals surface area contributed by atoms with E-state index in [9.17, 15) is 10.1 Å². The smallest absolute Gasteiger partial charge is 0.333 e. The van der Waals surface area contributed by atoms with Crippen LogP contribution in [-0.2, 0) is 0 Å². The molecule has 6 heteroatoms. The molecule has 1 aliphatic rings. The van der Waals surface area contributed by atoms with Crippen LogP contribution in [0, 0.1) is 10.1 Å². The highest BCUT2D eigenvalue weighted by Crippen LogP contribution is 2.39. The molecule has 0 radical (unpaired) electrons. The van der Waals surface area contributed by atoms with Crippen molar-refractivity contribution in [3.63, 3.8) is 0 Å². The number of anilines is 1. The van der Waals surface area contributed by atoms with Gasteiger partial charge < -0.3 is 15.0 Å². The average molecular weight is 265 g/mol. The van der Waals surface area contributed by atoms with Crippen LogP contribution in [0.15, 0.2) is 18.2 Å². The third-order valence-electron chi connectivity index (χ3n) is 3.47. The van der Waals surface area contributed by atoms with Crippen LogP contribution in [0.3, 0.4) is 0 Å². The maximum Gasteiger partial charge on any atom is 0.333 e. The minimum absolute atomic E-state index is 0.0416. The van der Waals surface area contributed by atoms with Gasteiger partial charge in [0.15, 0.2) is 5.75 Å². The van der Waals surface area contributed by atoms with E-state index in [0.717, 1.165) is 19.6 Å². The topological polar surface area (TPSA) is 67.6 Å². The molecule has 2 rings (SSSR count). The summed E-state index contributed by atoms with van der Waals surface area (Å²) >= 11 is 0. The lowest BCUT2D eigenvalue weighted by Crippen LogP contribution is -2.58. The van der Waals surface area contributed by atoms with E-state index in [2.05, 4.69) is 24.1 Å². The van der Waals surface area contributed by atoms with Crippen molar-refractivity contribution in [3.8, 4) is 5.75 Å². The summed E-state index contributed by atoms with van der Waals surface area (Å²) in [5.74, 6) is 0.303.